The van der Waals surface area contributed by atoms with E-state index in [1.807, 2.05) is 6.92 Å². The van der Waals surface area contributed by atoms with Gasteiger partial charge in [0.05, 0.1) is 5.60 Å². The summed E-state index contributed by atoms with van der Waals surface area (Å²) in [5.41, 5.74) is -0.132. The molecule has 104 valence electrons. The van der Waals surface area contributed by atoms with E-state index in [-0.39, 0.29) is 23.4 Å². The van der Waals surface area contributed by atoms with Gasteiger partial charge in [-0.1, -0.05) is 0 Å². The van der Waals surface area contributed by atoms with Crippen molar-refractivity contribution in [2.45, 2.75) is 32.3 Å². The number of aryl methyl sites for hydroxylation is 2. The molecule has 19 heavy (non-hydrogen) atoms. The Hall–Kier alpha value is -1.62. The molecule has 2 heterocycles. The highest BCUT2D eigenvalue weighted by molar-refractivity contribution is 5.94. The van der Waals surface area contributed by atoms with Crippen LogP contribution >= 0.6 is 0 Å². The van der Waals surface area contributed by atoms with Gasteiger partial charge in [0.15, 0.2) is 5.43 Å². The van der Waals surface area contributed by atoms with Crippen LogP contribution in [0.5, 0.6) is 0 Å². The van der Waals surface area contributed by atoms with Gasteiger partial charge in [0, 0.05) is 38.1 Å². The number of likely N-dealkylation sites (tertiary alicyclic amines) is 1. The molecule has 2 rings (SSSR count). The third-order valence-corrected chi connectivity index (χ3v) is 3.68. The van der Waals surface area contributed by atoms with E-state index in [9.17, 15) is 14.7 Å². The van der Waals surface area contributed by atoms with Crippen LogP contribution in [0.15, 0.2) is 17.1 Å². The zero-order valence-electron chi connectivity index (χ0n) is 11.6. The summed E-state index contributed by atoms with van der Waals surface area (Å²) in [5.74, 6) is -0.291. The largest absolute Gasteiger partial charge is 0.388 e. The summed E-state index contributed by atoms with van der Waals surface area (Å²) in [6.07, 6.45) is 3.01. The van der Waals surface area contributed by atoms with Crippen LogP contribution in [0.25, 0.3) is 0 Å². The Labute approximate surface area is 112 Å². The maximum Gasteiger partial charge on any atom is 0.259 e. The molecule has 5 nitrogen and oxygen atoms in total. The van der Waals surface area contributed by atoms with Crippen LogP contribution in [0.2, 0.25) is 0 Å². The molecule has 0 saturated carbocycles. The number of aliphatic hydroxyl groups is 1. The molecule has 5 heteroatoms. The van der Waals surface area contributed by atoms with Gasteiger partial charge in [-0.2, -0.15) is 0 Å². The minimum absolute atomic E-state index is 0.172. The van der Waals surface area contributed by atoms with Gasteiger partial charge in [0.1, 0.15) is 5.56 Å². The lowest BCUT2D eigenvalue weighted by molar-refractivity contribution is -0.0108. The van der Waals surface area contributed by atoms with Crippen molar-refractivity contribution in [1.82, 2.24) is 9.47 Å². The summed E-state index contributed by atoms with van der Waals surface area (Å²) in [5, 5.41) is 10.0. The Bertz CT molecular complexity index is 560. The summed E-state index contributed by atoms with van der Waals surface area (Å²) in [4.78, 5) is 25.9. The first kappa shape index (κ1) is 13.8. The summed E-state index contributed by atoms with van der Waals surface area (Å²) < 4.78 is 1.76. The first-order chi connectivity index (χ1) is 8.80. The molecule has 1 aliphatic heterocycles. The first-order valence-corrected chi connectivity index (χ1v) is 6.49. The summed E-state index contributed by atoms with van der Waals surface area (Å²) in [7, 11) is 1.80. The fraction of sp³-hybridized carbons (Fsp3) is 0.571. The number of hydrogen-bond donors (Lipinski definition) is 1. The average molecular weight is 264 g/mol. The second-order valence-corrected chi connectivity index (χ2v) is 5.63. The van der Waals surface area contributed by atoms with Crippen molar-refractivity contribution >= 4 is 5.91 Å². The Balaban J connectivity index is 2.30. The lowest BCUT2D eigenvalue weighted by Crippen LogP contribution is -2.49. The second kappa shape index (κ2) is 4.81. The predicted molar refractivity (Wildman–Crippen MR) is 72.2 cm³/mol. The maximum atomic E-state index is 12.4. The Kier molecular flexibility index (Phi) is 3.49. The Morgan fingerprint density at radius 3 is 2.79 bits per heavy atom. The highest BCUT2D eigenvalue weighted by Crippen LogP contribution is 2.21. The molecule has 0 radical (unpaired) electrons. The van der Waals surface area contributed by atoms with Gasteiger partial charge in [-0.15, -0.1) is 0 Å². The van der Waals surface area contributed by atoms with Crippen molar-refractivity contribution in [3.63, 3.8) is 0 Å². The topological polar surface area (TPSA) is 62.5 Å². The lowest BCUT2D eigenvalue weighted by atomic mass is 9.95. The minimum Gasteiger partial charge on any atom is -0.388 e. The zero-order chi connectivity index (χ0) is 14.2. The molecule has 1 saturated heterocycles. The Morgan fingerprint density at radius 2 is 2.16 bits per heavy atom. The number of carbonyl (C=O) groups is 1. The van der Waals surface area contributed by atoms with E-state index in [2.05, 4.69) is 0 Å². The third-order valence-electron chi connectivity index (χ3n) is 3.68. The summed E-state index contributed by atoms with van der Waals surface area (Å²) in [6, 6.07) is 1.47. The van der Waals surface area contributed by atoms with E-state index < -0.39 is 5.60 Å². The number of pyridine rings is 1. The average Bonchev–Trinajstić information content (AvgIpc) is 2.31. The normalized spacial score (nSPS) is 23.5. The molecule has 1 aliphatic rings. The highest BCUT2D eigenvalue weighted by atomic mass is 16.3. The van der Waals surface area contributed by atoms with Crippen molar-refractivity contribution in [1.29, 1.82) is 0 Å². The van der Waals surface area contributed by atoms with Crippen LogP contribution in [0, 0.1) is 6.92 Å². The van der Waals surface area contributed by atoms with E-state index >= 15 is 0 Å². The highest BCUT2D eigenvalue weighted by Gasteiger charge is 2.32. The maximum absolute atomic E-state index is 12.4. The number of rotatable bonds is 1. The van der Waals surface area contributed by atoms with Gasteiger partial charge in [-0.25, -0.2) is 0 Å². The Morgan fingerprint density at radius 1 is 1.47 bits per heavy atom. The van der Waals surface area contributed by atoms with Crippen LogP contribution in [0.4, 0.5) is 0 Å². The number of amides is 1. The van der Waals surface area contributed by atoms with Crippen molar-refractivity contribution < 1.29 is 9.90 Å². The molecule has 1 fully saturated rings. The summed E-state index contributed by atoms with van der Waals surface area (Å²) in [6.45, 7) is 4.41. The molecule has 1 amide bonds. The molecule has 1 atom stereocenters. The van der Waals surface area contributed by atoms with Crippen LogP contribution in [-0.2, 0) is 7.05 Å². The van der Waals surface area contributed by atoms with E-state index in [1.54, 1.807) is 29.6 Å². The number of hydrogen-bond acceptors (Lipinski definition) is 3. The molecular weight excluding hydrogens is 244 g/mol. The van der Waals surface area contributed by atoms with Gasteiger partial charge in [-0.05, 0) is 26.7 Å². The molecule has 1 N–H and O–H groups in total. The zero-order valence-corrected chi connectivity index (χ0v) is 11.6. The fourth-order valence-electron chi connectivity index (χ4n) is 2.45. The summed E-state index contributed by atoms with van der Waals surface area (Å²) >= 11 is 0. The second-order valence-electron chi connectivity index (χ2n) is 5.63. The van der Waals surface area contributed by atoms with E-state index in [0.717, 1.165) is 12.1 Å². The molecule has 0 aliphatic carbocycles. The standard InChI is InChI=1S/C14H20N2O3/c1-10-7-12(17)11(8-15(10)3)13(18)16-6-4-5-14(2,19)9-16/h7-8,19H,4-6,9H2,1-3H3/t14-/m1/s1. The van der Waals surface area contributed by atoms with Crippen LogP contribution < -0.4 is 5.43 Å². The van der Waals surface area contributed by atoms with Crippen LogP contribution in [0.3, 0.4) is 0 Å². The third kappa shape index (κ3) is 2.87. The lowest BCUT2D eigenvalue weighted by Gasteiger charge is -2.36. The van der Waals surface area contributed by atoms with Gasteiger partial charge >= 0.3 is 0 Å². The van der Waals surface area contributed by atoms with Gasteiger partial charge in [0.2, 0.25) is 0 Å². The quantitative estimate of drug-likeness (QED) is 0.811. The predicted octanol–water partition coefficient (Wildman–Crippen LogP) is 0.681. The number of carbonyl (C=O) groups excluding carboxylic acids is 1. The molecule has 1 aromatic heterocycles. The SMILES string of the molecule is Cc1cc(=O)c(C(=O)N2CCC[C@@](C)(O)C2)cn1C. The van der Waals surface area contributed by atoms with E-state index in [0.29, 0.717) is 13.0 Å². The van der Waals surface area contributed by atoms with Crippen LogP contribution in [0.1, 0.15) is 35.8 Å². The van der Waals surface area contributed by atoms with Gasteiger partial charge < -0.3 is 14.6 Å². The first-order valence-electron chi connectivity index (χ1n) is 6.49. The van der Waals surface area contributed by atoms with Gasteiger partial charge in [-0.3, -0.25) is 9.59 Å². The fourth-order valence-corrected chi connectivity index (χ4v) is 2.45. The molecule has 0 aromatic carbocycles. The van der Waals surface area contributed by atoms with Crippen molar-refractivity contribution in [3.05, 3.63) is 33.7 Å². The van der Waals surface area contributed by atoms with Crippen molar-refractivity contribution in [2.75, 3.05) is 13.1 Å². The smallest absolute Gasteiger partial charge is 0.259 e. The number of nitrogens with zero attached hydrogens (tertiary/aromatic N) is 2. The number of aromatic nitrogens is 1. The van der Waals surface area contributed by atoms with E-state index in [1.165, 1.54) is 6.07 Å². The molecule has 0 unspecified atom stereocenters. The number of β-amino-alcohol motifs (C(OH)–C–C–N with tert-alkyl or cyclic N) is 1. The molecule has 0 bridgehead atoms. The van der Waals surface area contributed by atoms with Crippen molar-refractivity contribution in [3.8, 4) is 0 Å². The van der Waals surface area contributed by atoms with E-state index in [4.69, 9.17) is 0 Å². The minimum atomic E-state index is -0.857. The monoisotopic (exact) mass is 264 g/mol. The molecule has 0 spiro atoms. The van der Waals surface area contributed by atoms with Crippen molar-refractivity contribution in [2.24, 2.45) is 7.05 Å². The number of piperidine rings is 1. The van der Waals surface area contributed by atoms with Crippen LogP contribution in [-0.4, -0.2) is 39.2 Å². The molecular formula is C14H20N2O3. The molecule has 1 aromatic rings. The van der Waals surface area contributed by atoms with Gasteiger partial charge in [0.25, 0.3) is 5.91 Å².